The molecule has 1 N–H and O–H groups in total. The summed E-state index contributed by atoms with van der Waals surface area (Å²) in [7, 11) is 1.83. The minimum absolute atomic E-state index is 0.305. The number of ether oxygens (including phenoxy) is 2. The highest BCUT2D eigenvalue weighted by molar-refractivity contribution is 5.57. The summed E-state index contributed by atoms with van der Waals surface area (Å²) in [5, 5.41) is 4.11. The fraction of sp³-hybridized carbons (Fsp3) is 0.200. The average Bonchev–Trinajstić information content (AvgIpc) is 3.28. The van der Waals surface area contributed by atoms with Crippen LogP contribution in [0.3, 0.4) is 0 Å². The second kappa shape index (κ2) is 7.38. The summed E-state index contributed by atoms with van der Waals surface area (Å²) in [6, 6.07) is 9.01. The van der Waals surface area contributed by atoms with Gasteiger partial charge in [-0.1, -0.05) is 12.1 Å². The van der Waals surface area contributed by atoms with Gasteiger partial charge in [-0.05, 0) is 36.8 Å². The summed E-state index contributed by atoms with van der Waals surface area (Å²) in [5.74, 6) is 0.522. The van der Waals surface area contributed by atoms with Gasteiger partial charge in [0, 0.05) is 24.9 Å². The molecule has 10 heteroatoms. The molecule has 0 saturated carbocycles. The van der Waals surface area contributed by atoms with E-state index < -0.39 is 12.0 Å². The summed E-state index contributed by atoms with van der Waals surface area (Å²) in [4.78, 5) is 9.94. The van der Waals surface area contributed by atoms with Crippen molar-refractivity contribution in [1.82, 2.24) is 20.2 Å². The van der Waals surface area contributed by atoms with E-state index >= 15 is 0 Å². The smallest absolute Gasteiger partial charge is 0.438 e. The van der Waals surface area contributed by atoms with Crippen LogP contribution in [0.25, 0.3) is 11.3 Å². The van der Waals surface area contributed by atoms with Crippen molar-refractivity contribution in [3.8, 4) is 22.8 Å². The quantitative estimate of drug-likeness (QED) is 0.674. The predicted molar refractivity (Wildman–Crippen MR) is 99.8 cm³/mol. The molecule has 1 atom stereocenters. The van der Waals surface area contributed by atoms with Gasteiger partial charge < -0.3 is 9.47 Å². The Hall–Kier alpha value is -3.53. The van der Waals surface area contributed by atoms with Crippen LogP contribution in [-0.4, -0.2) is 21.1 Å². The molecule has 3 heterocycles. The Morgan fingerprint density at radius 1 is 1.07 bits per heavy atom. The molecule has 0 aliphatic carbocycles. The van der Waals surface area contributed by atoms with E-state index in [1.165, 1.54) is 24.3 Å². The highest BCUT2D eigenvalue weighted by Gasteiger charge is 2.34. The monoisotopic (exact) mass is 418 g/mol. The summed E-state index contributed by atoms with van der Waals surface area (Å²) in [5.41, 5.74) is 4.01. The first kappa shape index (κ1) is 19.8. The SMILES string of the molecule is Cn1cc(-c2ccc(OC3=CC(C)(c4ccc(OC(F)(F)F)cc4)ON3)cn2)cn1. The zero-order valence-electron chi connectivity index (χ0n) is 16.0. The van der Waals surface area contributed by atoms with Crippen molar-refractivity contribution < 1.29 is 27.5 Å². The van der Waals surface area contributed by atoms with Crippen LogP contribution in [-0.2, 0) is 17.5 Å². The zero-order valence-corrected chi connectivity index (χ0v) is 16.0. The molecule has 0 saturated heterocycles. The van der Waals surface area contributed by atoms with Gasteiger partial charge in [-0.15, -0.1) is 13.2 Å². The molecule has 4 rings (SSSR count). The Labute approximate surface area is 169 Å². The third-order valence-electron chi connectivity index (χ3n) is 4.40. The van der Waals surface area contributed by atoms with Gasteiger partial charge in [0.15, 0.2) is 0 Å². The van der Waals surface area contributed by atoms with Crippen LogP contribution in [0, 0.1) is 0 Å². The first-order valence-corrected chi connectivity index (χ1v) is 8.86. The minimum atomic E-state index is -4.74. The number of alkyl halides is 3. The number of rotatable bonds is 5. The molecule has 0 spiro atoms. The number of hydrogen-bond acceptors (Lipinski definition) is 6. The lowest BCUT2D eigenvalue weighted by Gasteiger charge is -2.20. The van der Waals surface area contributed by atoms with Crippen molar-refractivity contribution in [1.29, 1.82) is 0 Å². The van der Waals surface area contributed by atoms with Crippen LogP contribution in [0.15, 0.2) is 66.9 Å². The second-order valence-corrected chi connectivity index (χ2v) is 6.78. The van der Waals surface area contributed by atoms with Gasteiger partial charge in [0.2, 0.25) is 5.88 Å². The first-order chi connectivity index (χ1) is 14.2. The summed E-state index contributed by atoms with van der Waals surface area (Å²) in [6.45, 7) is 1.75. The Morgan fingerprint density at radius 3 is 2.40 bits per heavy atom. The molecular weight excluding hydrogens is 401 g/mol. The predicted octanol–water partition coefficient (Wildman–Crippen LogP) is 4.05. The number of hydrogen-bond donors (Lipinski definition) is 1. The molecular formula is C20H17F3N4O3. The molecule has 0 fully saturated rings. The summed E-state index contributed by atoms with van der Waals surface area (Å²) >= 11 is 0. The van der Waals surface area contributed by atoms with Crippen LogP contribution in [0.4, 0.5) is 13.2 Å². The Morgan fingerprint density at radius 2 is 1.80 bits per heavy atom. The van der Waals surface area contributed by atoms with Crippen LogP contribution in [0.2, 0.25) is 0 Å². The zero-order chi connectivity index (χ0) is 21.4. The molecule has 156 valence electrons. The van der Waals surface area contributed by atoms with Crippen molar-refractivity contribution >= 4 is 0 Å². The molecule has 0 amide bonds. The maximum absolute atomic E-state index is 12.3. The van der Waals surface area contributed by atoms with Crippen molar-refractivity contribution in [2.45, 2.75) is 18.9 Å². The van der Waals surface area contributed by atoms with Gasteiger partial charge in [0.05, 0.1) is 18.1 Å². The third kappa shape index (κ3) is 4.38. The van der Waals surface area contributed by atoms with E-state index in [0.29, 0.717) is 17.2 Å². The maximum atomic E-state index is 12.3. The standard InChI is InChI=1S/C20H17F3N4O3/c1-19(14-3-5-15(6-4-14)29-20(21,22)23)9-18(26-30-19)28-16-7-8-17(24-11-16)13-10-25-27(2)12-13/h3-12,26H,1-2H3. The van der Waals surface area contributed by atoms with Crippen molar-refractivity contribution in [3.05, 3.63) is 72.5 Å². The molecule has 1 aliphatic rings. The number of halogens is 3. The van der Waals surface area contributed by atoms with Gasteiger partial charge in [0.25, 0.3) is 0 Å². The van der Waals surface area contributed by atoms with E-state index in [2.05, 4.69) is 20.3 Å². The number of aryl methyl sites for hydroxylation is 1. The molecule has 0 bridgehead atoms. The van der Waals surface area contributed by atoms with E-state index in [4.69, 9.17) is 9.57 Å². The number of aromatic nitrogens is 3. The topological polar surface area (TPSA) is 70.4 Å². The Bertz CT molecular complexity index is 1060. The van der Waals surface area contributed by atoms with Crippen LogP contribution in [0.1, 0.15) is 12.5 Å². The van der Waals surface area contributed by atoms with Gasteiger partial charge in [0.1, 0.15) is 17.1 Å². The molecule has 2 aromatic heterocycles. The van der Waals surface area contributed by atoms with Gasteiger partial charge in [-0.25, -0.2) is 5.48 Å². The number of nitrogens with one attached hydrogen (secondary N) is 1. The third-order valence-corrected chi connectivity index (χ3v) is 4.40. The normalized spacial score (nSPS) is 18.6. The fourth-order valence-corrected chi connectivity index (χ4v) is 2.94. The second-order valence-electron chi connectivity index (χ2n) is 6.78. The van der Waals surface area contributed by atoms with Crippen LogP contribution in [0.5, 0.6) is 11.5 Å². The molecule has 3 aromatic rings. The van der Waals surface area contributed by atoms with Crippen molar-refractivity contribution in [2.24, 2.45) is 7.05 Å². The lowest BCUT2D eigenvalue weighted by Crippen LogP contribution is -2.23. The number of pyridine rings is 1. The van der Waals surface area contributed by atoms with Gasteiger partial charge in [-0.2, -0.15) is 5.10 Å². The molecule has 0 radical (unpaired) electrons. The Kier molecular flexibility index (Phi) is 4.86. The van der Waals surface area contributed by atoms with Gasteiger partial charge in [-0.3, -0.25) is 14.5 Å². The Balaban J connectivity index is 1.45. The highest BCUT2D eigenvalue weighted by atomic mass is 19.4. The van der Waals surface area contributed by atoms with E-state index in [9.17, 15) is 13.2 Å². The molecule has 30 heavy (non-hydrogen) atoms. The van der Waals surface area contributed by atoms with Crippen LogP contribution >= 0.6 is 0 Å². The van der Waals surface area contributed by atoms with E-state index in [-0.39, 0.29) is 5.75 Å². The lowest BCUT2D eigenvalue weighted by atomic mass is 9.96. The fourth-order valence-electron chi connectivity index (χ4n) is 2.94. The van der Waals surface area contributed by atoms with E-state index in [1.807, 2.05) is 13.2 Å². The van der Waals surface area contributed by atoms with E-state index in [1.54, 1.807) is 42.2 Å². The van der Waals surface area contributed by atoms with Crippen LogP contribution < -0.4 is 15.0 Å². The highest BCUT2D eigenvalue weighted by Crippen LogP contribution is 2.34. The van der Waals surface area contributed by atoms with Gasteiger partial charge >= 0.3 is 6.36 Å². The first-order valence-electron chi connectivity index (χ1n) is 8.86. The summed E-state index contributed by atoms with van der Waals surface area (Å²) in [6.07, 6.45) is 2.09. The molecule has 1 aromatic carbocycles. The molecule has 7 nitrogen and oxygen atoms in total. The van der Waals surface area contributed by atoms with Crippen molar-refractivity contribution in [2.75, 3.05) is 0 Å². The largest absolute Gasteiger partial charge is 0.573 e. The number of hydroxylamine groups is 1. The lowest BCUT2D eigenvalue weighted by molar-refractivity contribution is -0.274. The minimum Gasteiger partial charge on any atom is -0.438 e. The van der Waals surface area contributed by atoms with E-state index in [0.717, 1.165) is 11.3 Å². The molecule has 1 aliphatic heterocycles. The summed E-state index contributed by atoms with van der Waals surface area (Å²) < 4.78 is 48.2. The average molecular weight is 418 g/mol. The number of nitrogens with zero attached hydrogens (tertiary/aromatic N) is 3. The molecule has 1 unspecified atom stereocenters. The van der Waals surface area contributed by atoms with Crippen molar-refractivity contribution in [3.63, 3.8) is 0 Å². The number of benzene rings is 1. The maximum Gasteiger partial charge on any atom is 0.573 e.